The van der Waals surface area contributed by atoms with Gasteiger partial charge in [0.1, 0.15) is 0 Å². The average Bonchev–Trinajstić information content (AvgIpc) is 2.94. The lowest BCUT2D eigenvalue weighted by Gasteiger charge is -2.31. The van der Waals surface area contributed by atoms with Crippen LogP contribution in [0.15, 0.2) is 46.2 Å². The summed E-state index contributed by atoms with van der Waals surface area (Å²) < 4.78 is 60.8. The molecule has 1 amide bonds. The highest BCUT2D eigenvalue weighted by Crippen LogP contribution is 2.33. The van der Waals surface area contributed by atoms with Gasteiger partial charge in [0, 0.05) is 39.3 Å². The molecule has 0 spiro atoms. The van der Waals surface area contributed by atoms with Crippen LogP contribution in [0.3, 0.4) is 0 Å². The van der Waals surface area contributed by atoms with Gasteiger partial charge in [-0.2, -0.15) is 8.61 Å². The summed E-state index contributed by atoms with van der Waals surface area (Å²) in [5, 5.41) is 2.92. The van der Waals surface area contributed by atoms with Gasteiger partial charge in [0.2, 0.25) is 20.0 Å². The molecule has 13 heteroatoms. The fourth-order valence-electron chi connectivity index (χ4n) is 4.86. The van der Waals surface area contributed by atoms with E-state index < -0.39 is 26.0 Å². The zero-order valence-electron chi connectivity index (χ0n) is 22.2. The normalized spacial score (nSPS) is 17.4. The number of ether oxygens (including phenoxy) is 1. The van der Waals surface area contributed by atoms with E-state index in [1.54, 1.807) is 26.0 Å². The number of carbonyl (C=O) groups excluding carboxylic acids is 1. The summed E-state index contributed by atoms with van der Waals surface area (Å²) >= 11 is 6.35. The van der Waals surface area contributed by atoms with Gasteiger partial charge in [-0.3, -0.25) is 4.79 Å². The number of nitrogens with one attached hydrogen (secondary N) is 1. The third-order valence-electron chi connectivity index (χ3n) is 7.05. The minimum atomic E-state index is -3.82. The first kappa shape index (κ1) is 29.8. The van der Waals surface area contributed by atoms with Crippen LogP contribution < -0.4 is 10.2 Å². The number of nitrogens with zero attached hydrogens (tertiary/aromatic N) is 3. The molecule has 0 radical (unpaired) electrons. The molecule has 2 heterocycles. The molecule has 214 valence electrons. The van der Waals surface area contributed by atoms with Crippen LogP contribution in [-0.4, -0.2) is 83.8 Å². The van der Waals surface area contributed by atoms with E-state index in [0.29, 0.717) is 24.6 Å². The van der Waals surface area contributed by atoms with E-state index in [1.807, 2.05) is 0 Å². The Morgan fingerprint density at radius 1 is 0.923 bits per heavy atom. The third kappa shape index (κ3) is 6.41. The largest absolute Gasteiger partial charge is 0.379 e. The molecule has 0 aliphatic carbocycles. The topological polar surface area (TPSA) is 116 Å². The summed E-state index contributed by atoms with van der Waals surface area (Å²) in [6.45, 7) is 6.74. The predicted molar refractivity (Wildman–Crippen MR) is 152 cm³/mol. The van der Waals surface area contributed by atoms with Gasteiger partial charge in [-0.15, -0.1) is 0 Å². The molecule has 0 aromatic heterocycles. The number of sulfonamides is 2. The highest BCUT2D eigenvalue weighted by Gasteiger charge is 2.29. The molecule has 2 aromatic carbocycles. The molecule has 1 N–H and O–H groups in total. The second kappa shape index (κ2) is 12.5. The van der Waals surface area contributed by atoms with E-state index in [0.717, 1.165) is 32.4 Å². The standard InChI is InChI=1S/C26H35ClN4O6S2/c1-3-30(4-2)38(33,34)20-8-10-23(27)22(18-20)26(32)28-24-19-21(39(35,36)31-14-16-37-17-15-31)9-11-25(24)29-12-6-5-7-13-29/h8-11,18-19H,3-7,12-17H2,1-2H3,(H,28,32). The number of anilines is 2. The molecule has 10 nitrogen and oxygen atoms in total. The molecular formula is C26H35ClN4O6S2. The highest BCUT2D eigenvalue weighted by molar-refractivity contribution is 7.89. The van der Waals surface area contributed by atoms with Crippen LogP contribution >= 0.6 is 11.6 Å². The first-order valence-electron chi connectivity index (χ1n) is 13.2. The summed E-state index contributed by atoms with van der Waals surface area (Å²) in [6.07, 6.45) is 3.07. The van der Waals surface area contributed by atoms with E-state index >= 15 is 0 Å². The van der Waals surface area contributed by atoms with Crippen molar-refractivity contribution in [2.45, 2.75) is 42.9 Å². The van der Waals surface area contributed by atoms with Crippen molar-refractivity contribution in [2.24, 2.45) is 0 Å². The molecule has 0 unspecified atom stereocenters. The maximum Gasteiger partial charge on any atom is 0.257 e. The smallest absolute Gasteiger partial charge is 0.257 e. The Labute approximate surface area is 236 Å². The minimum Gasteiger partial charge on any atom is -0.379 e. The monoisotopic (exact) mass is 598 g/mol. The van der Waals surface area contributed by atoms with Crippen LogP contribution in [0.2, 0.25) is 5.02 Å². The molecule has 0 saturated carbocycles. The van der Waals surface area contributed by atoms with Crippen molar-refractivity contribution in [3.8, 4) is 0 Å². The van der Waals surface area contributed by atoms with Crippen molar-refractivity contribution >= 4 is 48.9 Å². The summed E-state index contributed by atoms with van der Waals surface area (Å²) in [5.74, 6) is -0.629. The van der Waals surface area contributed by atoms with Gasteiger partial charge >= 0.3 is 0 Å². The summed E-state index contributed by atoms with van der Waals surface area (Å²) in [7, 11) is -7.63. The van der Waals surface area contributed by atoms with E-state index in [2.05, 4.69) is 10.2 Å². The van der Waals surface area contributed by atoms with E-state index in [9.17, 15) is 21.6 Å². The Balaban J connectivity index is 1.72. The van der Waals surface area contributed by atoms with Crippen molar-refractivity contribution in [3.63, 3.8) is 0 Å². The van der Waals surface area contributed by atoms with Gasteiger partial charge in [0.15, 0.2) is 0 Å². The van der Waals surface area contributed by atoms with Crippen molar-refractivity contribution < 1.29 is 26.4 Å². The van der Waals surface area contributed by atoms with E-state index in [4.69, 9.17) is 16.3 Å². The Kier molecular flexibility index (Phi) is 9.56. The Hall–Kier alpha value is -2.22. The molecule has 2 aliphatic rings. The van der Waals surface area contributed by atoms with Crippen LogP contribution in [-0.2, 0) is 24.8 Å². The molecule has 2 aromatic rings. The Morgan fingerprint density at radius 3 is 2.21 bits per heavy atom. The Morgan fingerprint density at radius 2 is 1.56 bits per heavy atom. The first-order chi connectivity index (χ1) is 18.6. The fraction of sp³-hybridized carbons (Fsp3) is 0.500. The first-order valence-corrected chi connectivity index (χ1v) is 16.4. The molecule has 0 atom stereocenters. The highest BCUT2D eigenvalue weighted by atomic mass is 35.5. The van der Waals surface area contributed by atoms with Gasteiger partial charge in [-0.25, -0.2) is 16.8 Å². The number of hydrogen-bond donors (Lipinski definition) is 1. The lowest BCUT2D eigenvalue weighted by molar-refractivity contribution is 0.0730. The lowest BCUT2D eigenvalue weighted by Crippen LogP contribution is -2.40. The molecular weight excluding hydrogens is 564 g/mol. The summed E-state index contributed by atoms with van der Waals surface area (Å²) in [4.78, 5) is 15.7. The summed E-state index contributed by atoms with van der Waals surface area (Å²) in [6, 6.07) is 8.78. The predicted octanol–water partition coefficient (Wildman–Crippen LogP) is 3.63. The number of amides is 1. The van der Waals surface area contributed by atoms with Crippen LogP contribution in [0.25, 0.3) is 0 Å². The number of rotatable bonds is 9. The summed E-state index contributed by atoms with van der Waals surface area (Å²) in [5.41, 5.74) is 1.01. The number of hydrogen-bond acceptors (Lipinski definition) is 7. The van der Waals surface area contributed by atoms with Gasteiger partial charge in [-0.05, 0) is 55.7 Å². The number of benzene rings is 2. The molecule has 39 heavy (non-hydrogen) atoms. The van der Waals surface area contributed by atoms with Crippen LogP contribution in [0.5, 0.6) is 0 Å². The number of piperidine rings is 1. The van der Waals surface area contributed by atoms with Gasteiger partial charge in [0.25, 0.3) is 5.91 Å². The van der Waals surface area contributed by atoms with Gasteiger partial charge < -0.3 is 15.0 Å². The van der Waals surface area contributed by atoms with Crippen molar-refractivity contribution in [1.82, 2.24) is 8.61 Å². The maximum absolute atomic E-state index is 13.5. The zero-order chi connectivity index (χ0) is 28.2. The SMILES string of the molecule is CCN(CC)S(=O)(=O)c1ccc(Cl)c(C(=O)Nc2cc(S(=O)(=O)N3CCOCC3)ccc2N2CCCCC2)c1. The van der Waals surface area contributed by atoms with Crippen molar-refractivity contribution in [1.29, 1.82) is 0 Å². The maximum atomic E-state index is 13.5. The molecule has 2 fully saturated rings. The third-order valence-corrected chi connectivity index (χ3v) is 11.3. The van der Waals surface area contributed by atoms with E-state index in [-0.39, 0.29) is 46.6 Å². The molecule has 4 rings (SSSR count). The zero-order valence-corrected chi connectivity index (χ0v) is 24.6. The minimum absolute atomic E-state index is 0.0177. The van der Waals surface area contributed by atoms with Crippen LogP contribution in [0.4, 0.5) is 11.4 Å². The second-order valence-corrected chi connectivity index (χ2v) is 13.7. The molecule has 2 aliphatic heterocycles. The molecule has 2 saturated heterocycles. The quantitative estimate of drug-likeness (QED) is 0.468. The number of halogens is 1. The number of carbonyl (C=O) groups is 1. The molecule has 0 bridgehead atoms. The second-order valence-electron chi connectivity index (χ2n) is 9.43. The number of morpholine rings is 1. The average molecular weight is 599 g/mol. The van der Waals surface area contributed by atoms with Gasteiger partial charge in [0.05, 0.1) is 45.0 Å². The lowest BCUT2D eigenvalue weighted by atomic mass is 10.1. The van der Waals surface area contributed by atoms with Crippen molar-refractivity contribution in [2.75, 3.05) is 62.7 Å². The van der Waals surface area contributed by atoms with E-state index in [1.165, 1.54) is 32.9 Å². The van der Waals surface area contributed by atoms with Crippen molar-refractivity contribution in [3.05, 3.63) is 47.0 Å². The van der Waals surface area contributed by atoms with Crippen LogP contribution in [0, 0.1) is 0 Å². The Bertz CT molecular complexity index is 1400. The van der Waals surface area contributed by atoms with Crippen LogP contribution in [0.1, 0.15) is 43.5 Å². The fourth-order valence-corrected chi connectivity index (χ4v) is 7.99. The van der Waals surface area contributed by atoms with Gasteiger partial charge in [-0.1, -0.05) is 25.4 Å².